The molecule has 1 aromatic carbocycles. The zero-order valence-electron chi connectivity index (χ0n) is 9.40. The second kappa shape index (κ2) is 5.69. The van der Waals surface area contributed by atoms with E-state index in [1.54, 1.807) is 31.4 Å². The van der Waals surface area contributed by atoms with E-state index in [0.29, 0.717) is 5.75 Å². The third-order valence-corrected chi connectivity index (χ3v) is 2.07. The molecule has 1 amide bonds. The third kappa shape index (κ3) is 3.98. The minimum absolute atomic E-state index is 0.0935. The first-order valence-electron chi connectivity index (χ1n) is 4.88. The van der Waals surface area contributed by atoms with Crippen molar-refractivity contribution in [3.05, 3.63) is 42.1 Å². The van der Waals surface area contributed by atoms with Crippen LogP contribution in [-0.2, 0) is 16.0 Å². The number of amides is 1. The van der Waals surface area contributed by atoms with Crippen LogP contribution in [0, 0.1) is 0 Å². The van der Waals surface area contributed by atoms with Crippen molar-refractivity contribution >= 4 is 11.9 Å². The van der Waals surface area contributed by atoms with E-state index < -0.39 is 11.9 Å². The van der Waals surface area contributed by atoms with Crippen molar-refractivity contribution in [2.75, 3.05) is 7.11 Å². The van der Waals surface area contributed by atoms with E-state index >= 15 is 0 Å². The fourth-order valence-corrected chi connectivity index (χ4v) is 1.19. The highest BCUT2D eigenvalue weighted by molar-refractivity contribution is 5.92. The van der Waals surface area contributed by atoms with Crippen LogP contribution in [0.2, 0.25) is 0 Å². The number of carbonyl (C=O) groups excluding carboxylic acids is 1. The van der Waals surface area contributed by atoms with Crippen molar-refractivity contribution in [3.63, 3.8) is 0 Å². The van der Waals surface area contributed by atoms with Crippen molar-refractivity contribution < 1.29 is 19.4 Å². The molecule has 0 radical (unpaired) electrons. The normalized spacial score (nSPS) is 9.47. The highest BCUT2D eigenvalue weighted by Crippen LogP contribution is 2.11. The van der Waals surface area contributed by atoms with Gasteiger partial charge in [-0.25, -0.2) is 4.79 Å². The highest BCUT2D eigenvalue weighted by Gasteiger charge is 2.09. The Morgan fingerprint density at radius 1 is 1.35 bits per heavy atom. The number of ether oxygens (including phenoxy) is 1. The van der Waals surface area contributed by atoms with E-state index in [0.717, 1.165) is 5.56 Å². The summed E-state index contributed by atoms with van der Waals surface area (Å²) in [6.07, 6.45) is 0.0935. The van der Waals surface area contributed by atoms with E-state index in [1.165, 1.54) is 0 Å². The fraction of sp³-hybridized carbons (Fsp3) is 0.167. The van der Waals surface area contributed by atoms with Crippen molar-refractivity contribution in [2.45, 2.75) is 6.42 Å². The van der Waals surface area contributed by atoms with Gasteiger partial charge in [-0.1, -0.05) is 18.7 Å². The third-order valence-electron chi connectivity index (χ3n) is 2.07. The SMILES string of the molecule is C=C(NC(=O)Cc1ccc(OC)cc1)C(=O)O. The first-order valence-corrected chi connectivity index (χ1v) is 4.88. The Balaban J connectivity index is 2.56. The number of carbonyl (C=O) groups is 2. The maximum Gasteiger partial charge on any atom is 0.351 e. The molecular weight excluding hydrogens is 222 g/mol. The molecule has 0 bridgehead atoms. The lowest BCUT2D eigenvalue weighted by atomic mass is 10.1. The molecule has 5 nitrogen and oxygen atoms in total. The van der Waals surface area contributed by atoms with Gasteiger partial charge in [0.15, 0.2) is 0 Å². The predicted molar refractivity (Wildman–Crippen MR) is 61.6 cm³/mol. The molecule has 1 rings (SSSR count). The van der Waals surface area contributed by atoms with Crippen LogP contribution < -0.4 is 10.1 Å². The molecule has 0 unspecified atom stereocenters. The van der Waals surface area contributed by atoms with Crippen LogP contribution in [-0.4, -0.2) is 24.1 Å². The van der Waals surface area contributed by atoms with Crippen LogP contribution in [0.5, 0.6) is 5.75 Å². The number of benzene rings is 1. The molecule has 0 heterocycles. The average Bonchev–Trinajstić information content (AvgIpc) is 2.29. The topological polar surface area (TPSA) is 75.6 Å². The van der Waals surface area contributed by atoms with Gasteiger partial charge >= 0.3 is 5.97 Å². The van der Waals surface area contributed by atoms with Crippen molar-refractivity contribution in [3.8, 4) is 5.75 Å². The highest BCUT2D eigenvalue weighted by atomic mass is 16.5. The number of carboxylic acids is 1. The van der Waals surface area contributed by atoms with Gasteiger partial charge < -0.3 is 15.2 Å². The van der Waals surface area contributed by atoms with Gasteiger partial charge in [0, 0.05) is 0 Å². The van der Waals surface area contributed by atoms with Gasteiger partial charge in [0.05, 0.1) is 13.5 Å². The maximum atomic E-state index is 11.4. The molecule has 17 heavy (non-hydrogen) atoms. The molecule has 1 aromatic rings. The standard InChI is InChI=1S/C12H13NO4/c1-8(12(15)16)13-11(14)7-9-3-5-10(17-2)6-4-9/h3-6H,1,7H2,2H3,(H,13,14)(H,15,16). The van der Waals surface area contributed by atoms with Crippen LogP contribution >= 0.6 is 0 Å². The molecular formula is C12H13NO4. The predicted octanol–water partition coefficient (Wildman–Crippen LogP) is 0.952. The van der Waals surface area contributed by atoms with E-state index in [9.17, 15) is 9.59 Å². The summed E-state index contributed by atoms with van der Waals surface area (Å²) >= 11 is 0. The van der Waals surface area contributed by atoms with Crippen LogP contribution in [0.15, 0.2) is 36.5 Å². The summed E-state index contributed by atoms with van der Waals surface area (Å²) in [5.41, 5.74) is 0.435. The molecule has 0 saturated heterocycles. The van der Waals surface area contributed by atoms with Gasteiger partial charge in [0.2, 0.25) is 5.91 Å². The fourth-order valence-electron chi connectivity index (χ4n) is 1.19. The Labute approximate surface area is 98.7 Å². The Kier molecular flexibility index (Phi) is 4.28. The van der Waals surface area contributed by atoms with Crippen LogP contribution in [0.3, 0.4) is 0 Å². The second-order valence-corrected chi connectivity index (χ2v) is 3.36. The maximum absolute atomic E-state index is 11.4. The monoisotopic (exact) mass is 235 g/mol. The van der Waals surface area contributed by atoms with Crippen molar-refractivity contribution in [2.24, 2.45) is 0 Å². The quantitative estimate of drug-likeness (QED) is 0.745. The lowest BCUT2D eigenvalue weighted by molar-refractivity contribution is -0.134. The minimum atomic E-state index is -1.24. The number of aliphatic carboxylic acids is 1. The summed E-state index contributed by atoms with van der Waals surface area (Å²) < 4.78 is 4.98. The number of nitrogens with one attached hydrogen (secondary N) is 1. The summed E-state index contributed by atoms with van der Waals surface area (Å²) in [5.74, 6) is -0.959. The van der Waals surface area contributed by atoms with Gasteiger partial charge in [-0.3, -0.25) is 4.79 Å². The zero-order chi connectivity index (χ0) is 12.8. The number of hydrogen-bond donors (Lipinski definition) is 2. The van der Waals surface area contributed by atoms with Gasteiger partial charge in [0.25, 0.3) is 0 Å². The number of rotatable bonds is 5. The number of hydrogen-bond acceptors (Lipinski definition) is 3. The van der Waals surface area contributed by atoms with E-state index in [4.69, 9.17) is 9.84 Å². The lowest BCUT2D eigenvalue weighted by Gasteiger charge is -2.05. The molecule has 90 valence electrons. The minimum Gasteiger partial charge on any atom is -0.497 e. The summed E-state index contributed by atoms with van der Waals surface area (Å²) in [6.45, 7) is 3.21. The first-order chi connectivity index (χ1) is 8.02. The smallest absolute Gasteiger partial charge is 0.351 e. The van der Waals surface area contributed by atoms with Crippen molar-refractivity contribution in [1.29, 1.82) is 0 Å². The first kappa shape index (κ1) is 12.8. The van der Waals surface area contributed by atoms with Gasteiger partial charge in [0.1, 0.15) is 11.4 Å². The molecule has 0 aromatic heterocycles. The lowest BCUT2D eigenvalue weighted by Crippen LogP contribution is -2.27. The van der Waals surface area contributed by atoms with Crippen LogP contribution in [0.1, 0.15) is 5.56 Å². The van der Waals surface area contributed by atoms with E-state index in [1.807, 2.05) is 0 Å². The summed E-state index contributed by atoms with van der Waals surface area (Å²) in [4.78, 5) is 21.9. The summed E-state index contributed by atoms with van der Waals surface area (Å²) in [7, 11) is 1.55. The van der Waals surface area contributed by atoms with Gasteiger partial charge in [-0.05, 0) is 17.7 Å². The number of methoxy groups -OCH3 is 1. The molecule has 0 atom stereocenters. The molecule has 5 heteroatoms. The average molecular weight is 235 g/mol. The summed E-state index contributed by atoms with van der Waals surface area (Å²) in [5, 5.41) is 10.7. The second-order valence-electron chi connectivity index (χ2n) is 3.36. The largest absolute Gasteiger partial charge is 0.497 e. The molecule has 0 aliphatic carbocycles. The Morgan fingerprint density at radius 3 is 2.41 bits per heavy atom. The molecule has 2 N–H and O–H groups in total. The molecule has 0 spiro atoms. The van der Waals surface area contributed by atoms with Gasteiger partial charge in [-0.15, -0.1) is 0 Å². The zero-order valence-corrected chi connectivity index (χ0v) is 9.40. The Morgan fingerprint density at radius 2 is 1.94 bits per heavy atom. The summed E-state index contributed by atoms with van der Waals surface area (Å²) in [6, 6.07) is 6.94. The molecule has 0 fully saturated rings. The molecule has 0 aliphatic rings. The molecule has 0 saturated carbocycles. The Bertz CT molecular complexity index is 436. The van der Waals surface area contributed by atoms with Gasteiger partial charge in [-0.2, -0.15) is 0 Å². The number of carboxylic acid groups (broad SMARTS) is 1. The Hall–Kier alpha value is -2.30. The van der Waals surface area contributed by atoms with Crippen LogP contribution in [0.25, 0.3) is 0 Å². The van der Waals surface area contributed by atoms with Crippen LogP contribution in [0.4, 0.5) is 0 Å². The van der Waals surface area contributed by atoms with E-state index in [2.05, 4.69) is 11.9 Å². The van der Waals surface area contributed by atoms with Crippen molar-refractivity contribution in [1.82, 2.24) is 5.32 Å². The molecule has 0 aliphatic heterocycles. The van der Waals surface area contributed by atoms with E-state index in [-0.39, 0.29) is 12.1 Å².